The van der Waals surface area contributed by atoms with Crippen LogP contribution >= 0.6 is 11.6 Å². The van der Waals surface area contributed by atoms with E-state index in [0.717, 1.165) is 34.6 Å². The number of halogens is 1. The van der Waals surface area contributed by atoms with Gasteiger partial charge in [-0.05, 0) is 69.2 Å². The maximum Gasteiger partial charge on any atom is 0.410 e. The molecule has 0 bridgehead atoms. The van der Waals surface area contributed by atoms with E-state index in [4.69, 9.17) is 21.6 Å². The molecule has 5 heteroatoms. The van der Waals surface area contributed by atoms with Gasteiger partial charge in [-0.1, -0.05) is 17.7 Å². The van der Waals surface area contributed by atoms with Crippen LogP contribution in [0.4, 0.5) is 4.79 Å². The van der Waals surface area contributed by atoms with Crippen LogP contribution in [0, 0.1) is 18.3 Å². The lowest BCUT2D eigenvalue weighted by molar-refractivity contribution is 0.0205. The second-order valence-corrected chi connectivity index (χ2v) is 7.78. The average Bonchev–Trinajstić information content (AvgIpc) is 2.49. The second-order valence-electron chi connectivity index (χ2n) is 7.38. The molecule has 130 valence electrons. The lowest BCUT2D eigenvalue weighted by Gasteiger charge is -2.34. The maximum absolute atomic E-state index is 12.2. The summed E-state index contributed by atoms with van der Waals surface area (Å²) in [6.45, 7) is 8.91. The molecule has 1 aromatic rings. The normalized spacial score (nSPS) is 15.9. The fourth-order valence-corrected chi connectivity index (χ4v) is 3.25. The first-order valence-electron chi connectivity index (χ1n) is 8.35. The van der Waals surface area contributed by atoms with Crippen LogP contribution in [0.1, 0.15) is 56.2 Å². The molecule has 24 heavy (non-hydrogen) atoms. The molecule has 0 aromatic heterocycles. The van der Waals surface area contributed by atoms with E-state index >= 15 is 0 Å². The quantitative estimate of drug-likeness (QED) is 0.769. The topological polar surface area (TPSA) is 53.3 Å². The molecule has 0 N–H and O–H groups in total. The highest BCUT2D eigenvalue weighted by atomic mass is 35.5. The molecule has 2 rings (SSSR count). The average molecular weight is 349 g/mol. The van der Waals surface area contributed by atoms with Crippen molar-refractivity contribution >= 4 is 17.7 Å². The Morgan fingerprint density at radius 2 is 2.00 bits per heavy atom. The van der Waals surface area contributed by atoms with Gasteiger partial charge in [0, 0.05) is 18.1 Å². The molecule has 1 aliphatic heterocycles. The van der Waals surface area contributed by atoms with Gasteiger partial charge in [0.25, 0.3) is 0 Å². The smallest absolute Gasteiger partial charge is 0.410 e. The SMILES string of the molecule is Cc1cc(CC#N)c(C2CCN(C(=O)OC(C)(C)C)CC2)cc1Cl. The van der Waals surface area contributed by atoms with E-state index in [9.17, 15) is 4.79 Å². The first-order valence-corrected chi connectivity index (χ1v) is 8.73. The van der Waals surface area contributed by atoms with Crippen molar-refractivity contribution in [3.8, 4) is 6.07 Å². The third kappa shape index (κ3) is 4.64. The van der Waals surface area contributed by atoms with Crippen molar-refractivity contribution < 1.29 is 9.53 Å². The van der Waals surface area contributed by atoms with Gasteiger partial charge in [-0.15, -0.1) is 0 Å². The number of ether oxygens (including phenoxy) is 1. The number of carbonyl (C=O) groups excluding carboxylic acids is 1. The highest BCUT2D eigenvalue weighted by Crippen LogP contribution is 2.34. The molecule has 0 radical (unpaired) electrons. The minimum Gasteiger partial charge on any atom is -0.444 e. The number of amides is 1. The van der Waals surface area contributed by atoms with Gasteiger partial charge in [0.1, 0.15) is 5.60 Å². The van der Waals surface area contributed by atoms with Crippen LogP contribution in [0.5, 0.6) is 0 Å². The number of hydrogen-bond acceptors (Lipinski definition) is 3. The third-order valence-electron chi connectivity index (χ3n) is 4.28. The van der Waals surface area contributed by atoms with Gasteiger partial charge < -0.3 is 9.64 Å². The van der Waals surface area contributed by atoms with E-state index < -0.39 is 5.60 Å². The van der Waals surface area contributed by atoms with E-state index in [1.807, 2.05) is 39.8 Å². The predicted molar refractivity (Wildman–Crippen MR) is 95.3 cm³/mol. The van der Waals surface area contributed by atoms with Crippen LogP contribution in [0.25, 0.3) is 0 Å². The van der Waals surface area contributed by atoms with Gasteiger partial charge in [-0.2, -0.15) is 5.26 Å². The predicted octanol–water partition coefficient (Wildman–Crippen LogP) is 4.83. The van der Waals surface area contributed by atoms with Gasteiger partial charge in [0.2, 0.25) is 0 Å². The van der Waals surface area contributed by atoms with E-state index in [-0.39, 0.29) is 6.09 Å². The van der Waals surface area contributed by atoms with Crippen molar-refractivity contribution in [3.63, 3.8) is 0 Å². The summed E-state index contributed by atoms with van der Waals surface area (Å²) >= 11 is 6.29. The van der Waals surface area contributed by atoms with Crippen LogP contribution in [0.15, 0.2) is 12.1 Å². The van der Waals surface area contributed by atoms with Crippen molar-refractivity contribution in [2.75, 3.05) is 13.1 Å². The van der Waals surface area contributed by atoms with Crippen molar-refractivity contribution in [1.29, 1.82) is 5.26 Å². The zero-order chi connectivity index (χ0) is 17.9. The Hall–Kier alpha value is -1.73. The van der Waals surface area contributed by atoms with Gasteiger partial charge in [0.05, 0.1) is 12.5 Å². The third-order valence-corrected chi connectivity index (χ3v) is 4.68. The van der Waals surface area contributed by atoms with Crippen LogP contribution < -0.4 is 0 Å². The standard InChI is InChI=1S/C19H25ClN2O2/c1-13-11-15(5-8-21)16(12-17(13)20)14-6-9-22(10-7-14)18(23)24-19(2,3)4/h11-12,14H,5-7,9-10H2,1-4H3. The summed E-state index contributed by atoms with van der Waals surface area (Å²) in [4.78, 5) is 13.9. The van der Waals surface area contributed by atoms with Gasteiger partial charge in [-0.25, -0.2) is 4.79 Å². The van der Waals surface area contributed by atoms with Crippen molar-refractivity contribution in [2.45, 2.75) is 58.5 Å². The lowest BCUT2D eigenvalue weighted by Crippen LogP contribution is -2.41. The van der Waals surface area contributed by atoms with Gasteiger partial charge in [0.15, 0.2) is 0 Å². The Kier molecular flexibility index (Phi) is 5.77. The van der Waals surface area contributed by atoms with Crippen molar-refractivity contribution in [2.24, 2.45) is 0 Å². The summed E-state index contributed by atoms with van der Waals surface area (Å²) in [6, 6.07) is 6.25. The molecule has 0 saturated carbocycles. The molecule has 0 aliphatic carbocycles. The minimum atomic E-state index is -0.474. The summed E-state index contributed by atoms with van der Waals surface area (Å²) < 4.78 is 5.44. The van der Waals surface area contributed by atoms with Gasteiger partial charge in [-0.3, -0.25) is 0 Å². The maximum atomic E-state index is 12.2. The largest absolute Gasteiger partial charge is 0.444 e. The van der Waals surface area contributed by atoms with E-state index in [2.05, 4.69) is 6.07 Å². The Balaban J connectivity index is 2.08. The van der Waals surface area contributed by atoms with Crippen LogP contribution in [-0.4, -0.2) is 29.7 Å². The summed E-state index contributed by atoms with van der Waals surface area (Å²) in [5.41, 5.74) is 2.72. The Bertz CT molecular complexity index is 651. The van der Waals surface area contributed by atoms with Crippen molar-refractivity contribution in [3.05, 3.63) is 33.8 Å². The molecule has 1 aliphatic rings. The number of nitriles is 1. The van der Waals surface area contributed by atoms with Crippen LogP contribution in [0.3, 0.4) is 0 Å². The van der Waals surface area contributed by atoms with E-state index in [1.165, 1.54) is 0 Å². The highest BCUT2D eigenvalue weighted by molar-refractivity contribution is 6.31. The molecule has 0 atom stereocenters. The lowest BCUT2D eigenvalue weighted by atomic mass is 9.85. The molecule has 0 unspecified atom stereocenters. The summed E-state index contributed by atoms with van der Waals surface area (Å²) in [5.74, 6) is 0.324. The second kappa shape index (κ2) is 7.44. The number of rotatable bonds is 2. The summed E-state index contributed by atoms with van der Waals surface area (Å²) in [7, 11) is 0. The molecule has 1 fully saturated rings. The summed E-state index contributed by atoms with van der Waals surface area (Å²) in [5, 5.41) is 9.81. The Labute approximate surface area is 149 Å². The number of carbonyl (C=O) groups is 1. The highest BCUT2D eigenvalue weighted by Gasteiger charge is 2.28. The molecule has 1 amide bonds. The first-order chi connectivity index (χ1) is 11.2. The number of hydrogen-bond donors (Lipinski definition) is 0. The van der Waals surface area contributed by atoms with E-state index in [0.29, 0.717) is 25.4 Å². The molecule has 1 aromatic carbocycles. The van der Waals surface area contributed by atoms with Crippen LogP contribution in [-0.2, 0) is 11.2 Å². The Morgan fingerprint density at radius 3 is 2.54 bits per heavy atom. The molecule has 0 spiro atoms. The number of likely N-dealkylation sites (tertiary alicyclic amines) is 1. The molecule has 1 heterocycles. The number of nitrogens with zero attached hydrogens (tertiary/aromatic N) is 2. The first kappa shape index (κ1) is 18.6. The zero-order valence-corrected chi connectivity index (χ0v) is 15.6. The summed E-state index contributed by atoms with van der Waals surface area (Å²) in [6.07, 6.45) is 1.86. The Morgan fingerprint density at radius 1 is 1.38 bits per heavy atom. The van der Waals surface area contributed by atoms with E-state index in [1.54, 1.807) is 4.90 Å². The van der Waals surface area contributed by atoms with Gasteiger partial charge >= 0.3 is 6.09 Å². The number of aryl methyl sites for hydroxylation is 1. The zero-order valence-electron chi connectivity index (χ0n) is 14.9. The molecular formula is C19H25ClN2O2. The van der Waals surface area contributed by atoms with Crippen molar-refractivity contribution in [1.82, 2.24) is 4.90 Å². The number of piperidine rings is 1. The fourth-order valence-electron chi connectivity index (χ4n) is 3.07. The molecule has 4 nitrogen and oxygen atoms in total. The minimum absolute atomic E-state index is 0.250. The molecule has 1 saturated heterocycles. The number of benzene rings is 1. The van der Waals surface area contributed by atoms with Crippen LogP contribution in [0.2, 0.25) is 5.02 Å². The monoisotopic (exact) mass is 348 g/mol. The fraction of sp³-hybridized carbons (Fsp3) is 0.579. The molecular weight excluding hydrogens is 324 g/mol.